The minimum atomic E-state index is 0.889. The van der Waals surface area contributed by atoms with Gasteiger partial charge in [-0.2, -0.15) is 0 Å². The molecule has 0 aliphatic heterocycles. The lowest BCUT2D eigenvalue weighted by Gasteiger charge is -2.04. The van der Waals surface area contributed by atoms with Crippen molar-refractivity contribution in [1.82, 2.24) is 0 Å². The van der Waals surface area contributed by atoms with Crippen LogP contribution in [-0.2, 0) is 4.74 Å². The molecule has 0 amide bonds. The van der Waals surface area contributed by atoms with Gasteiger partial charge in [-0.25, -0.2) is 0 Å². The van der Waals surface area contributed by atoms with E-state index in [1.165, 1.54) is 25.7 Å². The van der Waals surface area contributed by atoms with Gasteiger partial charge in [0.1, 0.15) is 0 Å². The molecule has 0 rings (SSSR count). The van der Waals surface area contributed by atoms with Gasteiger partial charge in [0.25, 0.3) is 0 Å². The molecule has 0 aliphatic carbocycles. The summed E-state index contributed by atoms with van der Waals surface area (Å²) in [7, 11) is 0. The van der Waals surface area contributed by atoms with Crippen LogP contribution in [0.15, 0.2) is 11.8 Å². The van der Waals surface area contributed by atoms with E-state index in [-0.39, 0.29) is 0 Å². The van der Waals surface area contributed by atoms with Crippen molar-refractivity contribution in [3.63, 3.8) is 0 Å². The molecular formula is C11H22O. The molecule has 0 bridgehead atoms. The summed E-state index contributed by atoms with van der Waals surface area (Å²) in [5, 5.41) is 0. The fraction of sp³-hybridized carbons (Fsp3) is 0.818. The Morgan fingerprint density at radius 2 is 1.92 bits per heavy atom. The standard InChI is InChI=1S/C11H22O/c1-4-6-8-10-12-11(3)9-7-5-2/h9H,4-8,10H2,1-3H3. The summed E-state index contributed by atoms with van der Waals surface area (Å²) in [5.41, 5.74) is 0. The van der Waals surface area contributed by atoms with Crippen molar-refractivity contribution < 1.29 is 4.74 Å². The molecule has 1 nitrogen and oxygen atoms in total. The van der Waals surface area contributed by atoms with Crippen molar-refractivity contribution in [1.29, 1.82) is 0 Å². The van der Waals surface area contributed by atoms with Gasteiger partial charge < -0.3 is 4.74 Å². The first-order chi connectivity index (χ1) is 5.81. The van der Waals surface area contributed by atoms with Crippen LogP contribution in [0.2, 0.25) is 0 Å². The Morgan fingerprint density at radius 3 is 2.50 bits per heavy atom. The molecule has 0 aromatic rings. The first-order valence-corrected chi connectivity index (χ1v) is 5.10. The topological polar surface area (TPSA) is 9.23 Å². The lowest BCUT2D eigenvalue weighted by Crippen LogP contribution is -1.91. The maximum atomic E-state index is 5.51. The van der Waals surface area contributed by atoms with E-state index < -0.39 is 0 Å². The first kappa shape index (κ1) is 11.5. The quantitative estimate of drug-likeness (QED) is 0.416. The fourth-order valence-corrected chi connectivity index (χ4v) is 0.992. The van der Waals surface area contributed by atoms with Crippen molar-refractivity contribution in [2.75, 3.05) is 6.61 Å². The number of hydrogen-bond donors (Lipinski definition) is 0. The van der Waals surface area contributed by atoms with Gasteiger partial charge in [0.05, 0.1) is 12.4 Å². The average molecular weight is 170 g/mol. The highest BCUT2D eigenvalue weighted by Crippen LogP contribution is 2.02. The third-order valence-corrected chi connectivity index (χ3v) is 1.80. The van der Waals surface area contributed by atoms with Crippen LogP contribution in [0.3, 0.4) is 0 Å². The van der Waals surface area contributed by atoms with Crippen molar-refractivity contribution in [3.8, 4) is 0 Å². The molecule has 0 atom stereocenters. The molecule has 0 N–H and O–H groups in total. The highest BCUT2D eigenvalue weighted by Gasteiger charge is 1.89. The lowest BCUT2D eigenvalue weighted by molar-refractivity contribution is 0.206. The number of hydrogen-bond acceptors (Lipinski definition) is 1. The Bertz CT molecular complexity index is 116. The summed E-state index contributed by atoms with van der Waals surface area (Å²) in [6, 6.07) is 0. The summed E-state index contributed by atoms with van der Waals surface area (Å²) in [6.07, 6.45) is 8.25. The third-order valence-electron chi connectivity index (χ3n) is 1.80. The number of ether oxygens (including phenoxy) is 1. The van der Waals surface area contributed by atoms with E-state index in [0.717, 1.165) is 18.8 Å². The molecule has 0 saturated heterocycles. The molecule has 72 valence electrons. The van der Waals surface area contributed by atoms with Gasteiger partial charge in [0.15, 0.2) is 0 Å². The second kappa shape index (κ2) is 8.63. The van der Waals surface area contributed by atoms with Crippen LogP contribution in [0.1, 0.15) is 52.9 Å². The van der Waals surface area contributed by atoms with Gasteiger partial charge in [-0.05, 0) is 25.8 Å². The van der Waals surface area contributed by atoms with Crippen LogP contribution < -0.4 is 0 Å². The zero-order valence-corrected chi connectivity index (χ0v) is 8.73. The Morgan fingerprint density at radius 1 is 1.17 bits per heavy atom. The van der Waals surface area contributed by atoms with Crippen LogP contribution in [0, 0.1) is 0 Å². The second-order valence-electron chi connectivity index (χ2n) is 3.16. The number of allylic oxidation sites excluding steroid dienone is 2. The lowest BCUT2D eigenvalue weighted by atomic mass is 10.3. The highest BCUT2D eigenvalue weighted by molar-refractivity contribution is 4.87. The zero-order valence-electron chi connectivity index (χ0n) is 8.73. The minimum absolute atomic E-state index is 0.889. The summed E-state index contributed by atoms with van der Waals surface area (Å²) in [6.45, 7) is 7.32. The summed E-state index contributed by atoms with van der Waals surface area (Å²) < 4.78 is 5.51. The highest BCUT2D eigenvalue weighted by atomic mass is 16.5. The SMILES string of the molecule is CCCC=C(C)OCCCCC. The van der Waals surface area contributed by atoms with Crippen molar-refractivity contribution in [3.05, 3.63) is 11.8 Å². The van der Waals surface area contributed by atoms with Crippen LogP contribution >= 0.6 is 0 Å². The maximum absolute atomic E-state index is 5.51. The molecule has 0 saturated carbocycles. The monoisotopic (exact) mass is 170 g/mol. The molecule has 0 unspecified atom stereocenters. The Kier molecular flexibility index (Phi) is 8.30. The molecule has 0 spiro atoms. The van der Waals surface area contributed by atoms with Crippen LogP contribution in [0.4, 0.5) is 0 Å². The minimum Gasteiger partial charge on any atom is -0.499 e. The van der Waals surface area contributed by atoms with E-state index in [9.17, 15) is 0 Å². The molecule has 1 heteroatoms. The molecule has 0 aliphatic rings. The smallest absolute Gasteiger partial charge is 0.0889 e. The molecule has 0 fully saturated rings. The van der Waals surface area contributed by atoms with E-state index in [0.29, 0.717) is 0 Å². The molecule has 0 radical (unpaired) electrons. The molecule has 12 heavy (non-hydrogen) atoms. The normalized spacial score (nSPS) is 11.8. The van der Waals surface area contributed by atoms with Crippen molar-refractivity contribution in [2.24, 2.45) is 0 Å². The van der Waals surface area contributed by atoms with Crippen LogP contribution in [0.25, 0.3) is 0 Å². The summed E-state index contributed by atoms with van der Waals surface area (Å²) in [4.78, 5) is 0. The number of rotatable bonds is 7. The second-order valence-corrected chi connectivity index (χ2v) is 3.16. The Labute approximate surface area is 76.8 Å². The fourth-order valence-electron chi connectivity index (χ4n) is 0.992. The van der Waals surface area contributed by atoms with E-state index in [1.807, 2.05) is 6.92 Å². The molecule has 0 aromatic carbocycles. The maximum Gasteiger partial charge on any atom is 0.0889 e. The van der Waals surface area contributed by atoms with Gasteiger partial charge in [-0.15, -0.1) is 0 Å². The predicted octanol–water partition coefficient (Wildman–Crippen LogP) is 3.90. The van der Waals surface area contributed by atoms with E-state index in [2.05, 4.69) is 19.9 Å². The van der Waals surface area contributed by atoms with E-state index in [4.69, 9.17) is 4.74 Å². The zero-order chi connectivity index (χ0) is 9.23. The van der Waals surface area contributed by atoms with Gasteiger partial charge in [0, 0.05) is 0 Å². The largest absolute Gasteiger partial charge is 0.499 e. The van der Waals surface area contributed by atoms with Crippen molar-refractivity contribution >= 4 is 0 Å². The van der Waals surface area contributed by atoms with E-state index >= 15 is 0 Å². The van der Waals surface area contributed by atoms with Gasteiger partial charge in [-0.3, -0.25) is 0 Å². The molecule has 0 aromatic heterocycles. The molecular weight excluding hydrogens is 148 g/mol. The van der Waals surface area contributed by atoms with Crippen molar-refractivity contribution in [2.45, 2.75) is 52.9 Å². The third kappa shape index (κ3) is 7.64. The van der Waals surface area contributed by atoms with E-state index in [1.54, 1.807) is 0 Å². The van der Waals surface area contributed by atoms with Gasteiger partial charge >= 0.3 is 0 Å². The van der Waals surface area contributed by atoms with Crippen LogP contribution in [0.5, 0.6) is 0 Å². The Balaban J connectivity index is 3.24. The summed E-state index contributed by atoms with van der Waals surface area (Å²) >= 11 is 0. The molecule has 0 heterocycles. The average Bonchev–Trinajstić information content (AvgIpc) is 2.09. The van der Waals surface area contributed by atoms with Gasteiger partial charge in [0.2, 0.25) is 0 Å². The Hall–Kier alpha value is -0.460. The van der Waals surface area contributed by atoms with Crippen LogP contribution in [-0.4, -0.2) is 6.61 Å². The first-order valence-electron chi connectivity index (χ1n) is 5.10. The number of unbranched alkanes of at least 4 members (excludes halogenated alkanes) is 3. The summed E-state index contributed by atoms with van der Waals surface area (Å²) in [5.74, 6) is 1.09. The van der Waals surface area contributed by atoms with Gasteiger partial charge in [-0.1, -0.05) is 33.1 Å². The predicted molar refractivity (Wildman–Crippen MR) is 54.1 cm³/mol.